The van der Waals surface area contributed by atoms with Crippen LogP contribution in [-0.2, 0) is 17.6 Å². The van der Waals surface area contributed by atoms with E-state index in [0.29, 0.717) is 17.1 Å². The Balaban J connectivity index is 1.31. The highest BCUT2D eigenvalue weighted by atomic mass is 32.1. The zero-order chi connectivity index (χ0) is 21.8. The van der Waals surface area contributed by atoms with E-state index in [1.54, 1.807) is 11.3 Å². The summed E-state index contributed by atoms with van der Waals surface area (Å²) >= 11 is 1.58. The van der Waals surface area contributed by atoms with Gasteiger partial charge >= 0.3 is 0 Å². The van der Waals surface area contributed by atoms with Crippen LogP contribution < -0.4 is 5.32 Å². The van der Waals surface area contributed by atoms with Crippen LogP contribution in [0.15, 0.2) is 24.3 Å². The minimum absolute atomic E-state index is 0.0279. The topological polar surface area (TPSA) is 73.2 Å². The van der Waals surface area contributed by atoms with Gasteiger partial charge in [0.2, 0.25) is 5.91 Å². The number of amides is 1. The van der Waals surface area contributed by atoms with Gasteiger partial charge < -0.3 is 5.32 Å². The fourth-order valence-electron chi connectivity index (χ4n) is 4.63. The Morgan fingerprint density at radius 2 is 1.84 bits per heavy atom. The molecule has 2 aromatic rings. The number of fused-ring (bicyclic) bond motifs is 1. The number of benzene rings is 1. The number of ketones is 1. The molecule has 0 radical (unpaired) electrons. The van der Waals surface area contributed by atoms with Gasteiger partial charge in [0.1, 0.15) is 11.1 Å². The zero-order valence-corrected chi connectivity index (χ0v) is 18.9. The maximum absolute atomic E-state index is 12.7. The molecule has 2 aliphatic rings. The van der Waals surface area contributed by atoms with E-state index in [1.807, 2.05) is 31.2 Å². The van der Waals surface area contributed by atoms with Gasteiger partial charge in [0, 0.05) is 16.4 Å². The van der Waals surface area contributed by atoms with Gasteiger partial charge in [0.05, 0.1) is 12.1 Å². The summed E-state index contributed by atoms with van der Waals surface area (Å²) in [5.74, 6) is 0.166. The number of thiophene rings is 1. The average molecular weight is 436 g/mol. The summed E-state index contributed by atoms with van der Waals surface area (Å²) in [7, 11) is 0. The first-order valence-corrected chi connectivity index (χ1v) is 12.0. The number of carbonyl (C=O) groups excluding carboxylic acids is 2. The van der Waals surface area contributed by atoms with Crippen LogP contribution in [0.25, 0.3) is 0 Å². The number of nitriles is 1. The van der Waals surface area contributed by atoms with Gasteiger partial charge in [-0.05, 0) is 64.1 Å². The van der Waals surface area contributed by atoms with Gasteiger partial charge in [0.15, 0.2) is 5.78 Å². The fourth-order valence-corrected chi connectivity index (χ4v) is 5.88. The second-order valence-corrected chi connectivity index (χ2v) is 9.81. The van der Waals surface area contributed by atoms with Gasteiger partial charge in [-0.15, -0.1) is 11.3 Å². The molecule has 0 spiro atoms. The van der Waals surface area contributed by atoms with Crippen LogP contribution in [-0.4, -0.2) is 36.2 Å². The predicted octanol–water partition coefficient (Wildman–Crippen LogP) is 4.73. The quantitative estimate of drug-likeness (QED) is 0.544. The molecule has 1 saturated heterocycles. The number of hydrogen-bond donors (Lipinski definition) is 1. The number of nitrogens with zero attached hydrogens (tertiary/aromatic N) is 2. The fraction of sp³-hybridized carbons (Fsp3) is 0.480. The normalized spacial score (nSPS) is 17.4. The maximum Gasteiger partial charge on any atom is 0.239 e. The van der Waals surface area contributed by atoms with Gasteiger partial charge in [-0.1, -0.05) is 36.2 Å². The second-order valence-electron chi connectivity index (χ2n) is 8.71. The monoisotopic (exact) mass is 435 g/mol. The molecule has 1 aliphatic heterocycles. The number of piperidine rings is 1. The molecule has 1 aromatic heterocycles. The minimum Gasteiger partial charge on any atom is -0.315 e. The van der Waals surface area contributed by atoms with Crippen LogP contribution in [0.5, 0.6) is 0 Å². The molecule has 162 valence electrons. The van der Waals surface area contributed by atoms with Gasteiger partial charge in [-0.3, -0.25) is 14.5 Å². The molecule has 31 heavy (non-hydrogen) atoms. The SMILES string of the molecule is Cc1ccc(C(=O)C2CCN(CC(=O)Nc3sc4c(c3C#N)CCCCC4)CC2)cc1. The zero-order valence-electron chi connectivity index (χ0n) is 18.1. The lowest BCUT2D eigenvalue weighted by Crippen LogP contribution is -2.40. The summed E-state index contributed by atoms with van der Waals surface area (Å²) in [6, 6.07) is 10.1. The Kier molecular flexibility index (Phi) is 6.84. The van der Waals surface area contributed by atoms with Gasteiger partial charge in [-0.25, -0.2) is 0 Å². The van der Waals surface area contributed by atoms with Crippen LogP contribution in [0.3, 0.4) is 0 Å². The van der Waals surface area contributed by atoms with E-state index in [1.165, 1.54) is 11.3 Å². The molecule has 1 N–H and O–H groups in total. The lowest BCUT2D eigenvalue weighted by atomic mass is 9.88. The standard InChI is InChI=1S/C25H29N3O2S/c1-17-7-9-18(10-8-17)24(30)19-11-13-28(14-12-19)16-23(29)27-25-21(15-26)20-5-3-2-4-6-22(20)31-25/h7-10,19H,2-6,11-14,16H2,1H3,(H,27,29). The highest BCUT2D eigenvalue weighted by molar-refractivity contribution is 7.16. The molecule has 0 saturated carbocycles. The molecule has 1 fully saturated rings. The third-order valence-corrected chi connectivity index (χ3v) is 7.65. The number of rotatable bonds is 5. The van der Waals surface area contributed by atoms with Crippen molar-refractivity contribution in [3.8, 4) is 6.07 Å². The second kappa shape index (κ2) is 9.76. The highest BCUT2D eigenvalue weighted by Crippen LogP contribution is 2.37. The van der Waals surface area contributed by atoms with Crippen LogP contribution in [0.1, 0.15) is 64.0 Å². The predicted molar refractivity (Wildman–Crippen MR) is 124 cm³/mol. The van der Waals surface area contributed by atoms with Crippen LogP contribution in [0, 0.1) is 24.2 Å². The average Bonchev–Trinajstić information content (AvgIpc) is 2.93. The highest BCUT2D eigenvalue weighted by Gasteiger charge is 2.27. The Hall–Kier alpha value is -2.49. The molecule has 0 atom stereocenters. The minimum atomic E-state index is -0.0729. The van der Waals surface area contributed by atoms with E-state index >= 15 is 0 Å². The molecule has 4 rings (SSSR count). The van der Waals surface area contributed by atoms with Crippen LogP contribution in [0.4, 0.5) is 5.00 Å². The number of likely N-dealkylation sites (tertiary alicyclic amines) is 1. The van der Waals surface area contributed by atoms with Gasteiger partial charge in [0.25, 0.3) is 0 Å². The Morgan fingerprint density at radius 3 is 2.55 bits per heavy atom. The molecule has 6 heteroatoms. The molecule has 1 aliphatic carbocycles. The summed E-state index contributed by atoms with van der Waals surface area (Å²) in [6.07, 6.45) is 6.97. The largest absolute Gasteiger partial charge is 0.315 e. The van der Waals surface area contributed by atoms with E-state index in [2.05, 4.69) is 16.3 Å². The molecule has 1 aromatic carbocycles. The van der Waals surface area contributed by atoms with Crippen molar-refractivity contribution in [2.24, 2.45) is 5.92 Å². The summed E-state index contributed by atoms with van der Waals surface area (Å²) in [4.78, 5) is 28.8. The molecular formula is C25H29N3O2S. The Morgan fingerprint density at radius 1 is 1.13 bits per heavy atom. The molecule has 0 unspecified atom stereocenters. The van der Waals surface area contributed by atoms with Crippen molar-refractivity contribution in [3.05, 3.63) is 51.4 Å². The number of anilines is 1. The number of hydrogen-bond acceptors (Lipinski definition) is 5. The van der Waals surface area contributed by atoms with E-state index < -0.39 is 0 Å². The Bertz CT molecular complexity index is 995. The summed E-state index contributed by atoms with van der Waals surface area (Å²) < 4.78 is 0. The molecule has 5 nitrogen and oxygen atoms in total. The number of carbonyl (C=O) groups is 2. The first-order valence-electron chi connectivity index (χ1n) is 11.2. The smallest absolute Gasteiger partial charge is 0.239 e. The number of aryl methyl sites for hydroxylation is 2. The third kappa shape index (κ3) is 5.06. The van der Waals surface area contributed by atoms with Crippen molar-refractivity contribution in [1.29, 1.82) is 5.26 Å². The molecular weight excluding hydrogens is 406 g/mol. The van der Waals surface area contributed by atoms with Crippen molar-refractivity contribution in [3.63, 3.8) is 0 Å². The maximum atomic E-state index is 12.7. The third-order valence-electron chi connectivity index (χ3n) is 6.45. The van der Waals surface area contributed by atoms with Crippen molar-refractivity contribution in [2.75, 3.05) is 25.0 Å². The summed E-state index contributed by atoms with van der Waals surface area (Å²) in [5, 5.41) is 13.4. The number of Topliss-reactive ketones (excluding diaryl/α,β-unsaturated/α-hetero) is 1. The van der Waals surface area contributed by atoms with Crippen molar-refractivity contribution >= 4 is 28.0 Å². The van der Waals surface area contributed by atoms with Gasteiger partial charge in [-0.2, -0.15) is 5.26 Å². The lowest BCUT2D eigenvalue weighted by Gasteiger charge is -2.30. The lowest BCUT2D eigenvalue weighted by molar-refractivity contribution is -0.117. The van der Waals surface area contributed by atoms with Crippen molar-refractivity contribution < 1.29 is 9.59 Å². The first kappa shape index (κ1) is 21.7. The van der Waals surface area contributed by atoms with Crippen LogP contribution >= 0.6 is 11.3 Å². The first-order chi connectivity index (χ1) is 15.0. The number of nitrogens with one attached hydrogen (secondary N) is 1. The van der Waals surface area contributed by atoms with Crippen molar-refractivity contribution in [2.45, 2.75) is 51.9 Å². The molecule has 0 bridgehead atoms. The molecule has 1 amide bonds. The summed E-state index contributed by atoms with van der Waals surface area (Å²) in [5.41, 5.74) is 3.75. The summed E-state index contributed by atoms with van der Waals surface area (Å²) in [6.45, 7) is 3.80. The van der Waals surface area contributed by atoms with E-state index in [4.69, 9.17) is 0 Å². The molecule has 2 heterocycles. The van der Waals surface area contributed by atoms with E-state index in [0.717, 1.165) is 68.3 Å². The van der Waals surface area contributed by atoms with E-state index in [-0.39, 0.29) is 17.6 Å². The van der Waals surface area contributed by atoms with Crippen molar-refractivity contribution in [1.82, 2.24) is 4.90 Å². The van der Waals surface area contributed by atoms with E-state index in [9.17, 15) is 14.9 Å². The van der Waals surface area contributed by atoms with Crippen LogP contribution in [0.2, 0.25) is 0 Å². The Labute approximate surface area is 188 Å².